The predicted molar refractivity (Wildman–Crippen MR) is 96.5 cm³/mol. The van der Waals surface area contributed by atoms with Gasteiger partial charge in [0.25, 0.3) is 0 Å². The molecule has 0 saturated carbocycles. The summed E-state index contributed by atoms with van der Waals surface area (Å²) in [6.45, 7) is 3.15. The summed E-state index contributed by atoms with van der Waals surface area (Å²) in [6.07, 6.45) is 1.07. The molecule has 0 radical (unpaired) electrons. The van der Waals surface area contributed by atoms with Crippen molar-refractivity contribution in [3.8, 4) is 5.75 Å². The Balaban J connectivity index is 0.00000361. The van der Waals surface area contributed by atoms with Crippen molar-refractivity contribution in [1.82, 2.24) is 10.2 Å². The molecule has 1 atom stereocenters. The van der Waals surface area contributed by atoms with Crippen molar-refractivity contribution >= 4 is 29.9 Å². The molecule has 0 bridgehead atoms. The topological polar surface area (TPSA) is 36.9 Å². The van der Waals surface area contributed by atoms with E-state index in [2.05, 4.69) is 29.4 Å². The average Bonchev–Trinajstić information content (AvgIpc) is 2.43. The van der Waals surface area contributed by atoms with Gasteiger partial charge in [-0.3, -0.25) is 4.99 Å². The highest BCUT2D eigenvalue weighted by Crippen LogP contribution is 2.21. The van der Waals surface area contributed by atoms with E-state index >= 15 is 0 Å². The molecule has 1 N–H and O–H groups in total. The Kier molecular flexibility index (Phi) is 9.37. The summed E-state index contributed by atoms with van der Waals surface area (Å²) >= 11 is 0. The molecule has 0 aromatic heterocycles. The molecule has 0 saturated heterocycles. The van der Waals surface area contributed by atoms with Crippen LogP contribution in [-0.2, 0) is 0 Å². The van der Waals surface area contributed by atoms with Crippen molar-refractivity contribution in [1.29, 1.82) is 0 Å². The molecule has 0 aliphatic rings. The Morgan fingerprint density at radius 1 is 1.30 bits per heavy atom. The van der Waals surface area contributed by atoms with Gasteiger partial charge in [-0.25, -0.2) is 0 Å². The maximum atomic E-state index is 5.17. The van der Waals surface area contributed by atoms with Gasteiger partial charge in [0.05, 0.1) is 7.11 Å². The molecule has 0 aliphatic heterocycles. The lowest BCUT2D eigenvalue weighted by Crippen LogP contribution is -2.37. The number of halogens is 1. The normalized spacial score (nSPS) is 12.3. The first kappa shape index (κ1) is 19.0. The van der Waals surface area contributed by atoms with Crippen LogP contribution in [0.25, 0.3) is 0 Å². The predicted octanol–water partition coefficient (Wildman–Crippen LogP) is 2.94. The zero-order valence-corrected chi connectivity index (χ0v) is 15.3. The number of methoxy groups -OCH3 is 1. The summed E-state index contributed by atoms with van der Waals surface area (Å²) in [4.78, 5) is 6.18. The number of benzene rings is 1. The van der Waals surface area contributed by atoms with E-state index in [1.807, 2.05) is 31.1 Å². The molecule has 5 heteroatoms. The Hall–Kier alpha value is -0.980. The minimum atomic E-state index is 0. The van der Waals surface area contributed by atoms with Crippen molar-refractivity contribution < 1.29 is 4.74 Å². The van der Waals surface area contributed by atoms with Crippen LogP contribution < -0.4 is 10.1 Å². The number of hydrogen-bond donors (Lipinski definition) is 1. The highest BCUT2D eigenvalue weighted by Gasteiger charge is 2.06. The molecule has 114 valence electrons. The molecule has 4 nitrogen and oxygen atoms in total. The minimum Gasteiger partial charge on any atom is -0.497 e. The number of ether oxygens (including phenoxy) is 1. The zero-order valence-electron chi connectivity index (χ0n) is 13.0. The molecule has 1 aromatic rings. The smallest absolute Gasteiger partial charge is 0.193 e. The van der Waals surface area contributed by atoms with Gasteiger partial charge in [0.1, 0.15) is 5.75 Å². The van der Waals surface area contributed by atoms with Crippen LogP contribution in [-0.4, -0.2) is 45.7 Å². The van der Waals surface area contributed by atoms with E-state index in [1.54, 1.807) is 14.2 Å². The second kappa shape index (κ2) is 9.85. The fraction of sp³-hybridized carbons (Fsp3) is 0.533. The van der Waals surface area contributed by atoms with Crippen LogP contribution in [0.4, 0.5) is 0 Å². The van der Waals surface area contributed by atoms with Crippen molar-refractivity contribution in [3.63, 3.8) is 0 Å². The van der Waals surface area contributed by atoms with E-state index in [-0.39, 0.29) is 24.0 Å². The Bertz CT molecular complexity index is 404. The van der Waals surface area contributed by atoms with E-state index < -0.39 is 0 Å². The van der Waals surface area contributed by atoms with Gasteiger partial charge in [0, 0.05) is 27.7 Å². The van der Waals surface area contributed by atoms with Gasteiger partial charge in [0.2, 0.25) is 0 Å². The van der Waals surface area contributed by atoms with Crippen molar-refractivity contribution in [2.45, 2.75) is 19.3 Å². The van der Waals surface area contributed by atoms with Crippen molar-refractivity contribution in [3.05, 3.63) is 29.8 Å². The monoisotopic (exact) mass is 391 g/mol. The van der Waals surface area contributed by atoms with Crippen LogP contribution in [0.1, 0.15) is 24.8 Å². The minimum absolute atomic E-state index is 0. The van der Waals surface area contributed by atoms with Crippen LogP contribution in [0.5, 0.6) is 5.75 Å². The second-order valence-electron chi connectivity index (χ2n) is 4.83. The van der Waals surface area contributed by atoms with E-state index in [4.69, 9.17) is 4.74 Å². The molecule has 1 rings (SSSR count). The molecule has 20 heavy (non-hydrogen) atoms. The number of rotatable bonds is 5. The Labute approximate surface area is 139 Å². The van der Waals surface area contributed by atoms with Crippen LogP contribution in [0.3, 0.4) is 0 Å². The lowest BCUT2D eigenvalue weighted by atomic mass is 9.98. The van der Waals surface area contributed by atoms with Gasteiger partial charge in [-0.15, -0.1) is 24.0 Å². The molecule has 0 fully saturated rings. The van der Waals surface area contributed by atoms with Crippen LogP contribution in [0.15, 0.2) is 29.3 Å². The van der Waals surface area contributed by atoms with E-state index in [9.17, 15) is 0 Å². The maximum absolute atomic E-state index is 5.17. The van der Waals surface area contributed by atoms with Crippen molar-refractivity contribution in [2.24, 2.45) is 4.99 Å². The SMILES string of the molecule is CN=C(NCCC(C)c1ccc(OC)cc1)N(C)C.I. The third kappa shape index (κ3) is 5.98. The van der Waals surface area contributed by atoms with Gasteiger partial charge in [0.15, 0.2) is 5.96 Å². The van der Waals surface area contributed by atoms with E-state index in [0.29, 0.717) is 5.92 Å². The summed E-state index contributed by atoms with van der Waals surface area (Å²) in [5.74, 6) is 2.34. The summed E-state index contributed by atoms with van der Waals surface area (Å²) < 4.78 is 5.17. The number of nitrogens with zero attached hydrogens (tertiary/aromatic N) is 2. The van der Waals surface area contributed by atoms with Gasteiger partial charge in [-0.2, -0.15) is 0 Å². The lowest BCUT2D eigenvalue weighted by Gasteiger charge is -2.18. The summed E-state index contributed by atoms with van der Waals surface area (Å²) in [5, 5.41) is 3.34. The summed E-state index contributed by atoms with van der Waals surface area (Å²) in [7, 11) is 7.47. The quantitative estimate of drug-likeness (QED) is 0.477. The molecule has 0 amide bonds. The molecule has 1 unspecified atom stereocenters. The fourth-order valence-electron chi connectivity index (χ4n) is 1.94. The Morgan fingerprint density at radius 3 is 2.35 bits per heavy atom. The van der Waals surface area contributed by atoms with Gasteiger partial charge in [-0.05, 0) is 30.0 Å². The van der Waals surface area contributed by atoms with Gasteiger partial charge < -0.3 is 15.0 Å². The average molecular weight is 391 g/mol. The van der Waals surface area contributed by atoms with Crippen molar-refractivity contribution in [2.75, 3.05) is 34.8 Å². The molecule has 0 aliphatic carbocycles. The Morgan fingerprint density at radius 2 is 1.90 bits per heavy atom. The first-order chi connectivity index (χ1) is 9.08. The molecule has 0 spiro atoms. The van der Waals surface area contributed by atoms with Crippen LogP contribution in [0, 0.1) is 0 Å². The summed E-state index contributed by atoms with van der Waals surface area (Å²) in [6, 6.07) is 8.28. The van der Waals surface area contributed by atoms with E-state index in [1.165, 1.54) is 5.56 Å². The number of nitrogens with one attached hydrogen (secondary N) is 1. The molecule has 0 heterocycles. The standard InChI is InChI=1S/C15H25N3O.HI/c1-12(10-11-17-15(16-2)18(3)4)13-6-8-14(19-5)9-7-13;/h6-9,12H,10-11H2,1-5H3,(H,16,17);1H. The van der Waals surface area contributed by atoms with Gasteiger partial charge in [-0.1, -0.05) is 19.1 Å². The fourth-order valence-corrected chi connectivity index (χ4v) is 1.94. The first-order valence-corrected chi connectivity index (χ1v) is 6.60. The lowest BCUT2D eigenvalue weighted by molar-refractivity contribution is 0.414. The molecular formula is C15H26IN3O. The zero-order chi connectivity index (χ0) is 14.3. The van der Waals surface area contributed by atoms with Gasteiger partial charge >= 0.3 is 0 Å². The number of guanidine groups is 1. The van der Waals surface area contributed by atoms with Crippen LogP contribution >= 0.6 is 24.0 Å². The third-order valence-corrected chi connectivity index (χ3v) is 3.18. The molecular weight excluding hydrogens is 365 g/mol. The second-order valence-corrected chi connectivity index (χ2v) is 4.83. The largest absolute Gasteiger partial charge is 0.497 e. The highest BCUT2D eigenvalue weighted by molar-refractivity contribution is 14.0. The maximum Gasteiger partial charge on any atom is 0.193 e. The first-order valence-electron chi connectivity index (χ1n) is 6.60. The number of aliphatic imine (C=N–C) groups is 1. The van der Waals surface area contributed by atoms with Crippen LogP contribution in [0.2, 0.25) is 0 Å². The number of hydrogen-bond acceptors (Lipinski definition) is 2. The highest BCUT2D eigenvalue weighted by atomic mass is 127. The summed E-state index contributed by atoms with van der Waals surface area (Å²) in [5.41, 5.74) is 1.34. The third-order valence-electron chi connectivity index (χ3n) is 3.18. The molecule has 1 aromatic carbocycles. The van der Waals surface area contributed by atoms with E-state index in [0.717, 1.165) is 24.7 Å².